The van der Waals surface area contributed by atoms with Crippen molar-refractivity contribution in [1.82, 2.24) is 5.32 Å². The molecule has 4 heteroatoms. The van der Waals surface area contributed by atoms with E-state index >= 15 is 0 Å². The molecule has 0 unspecified atom stereocenters. The van der Waals surface area contributed by atoms with E-state index in [1.165, 1.54) is 43.4 Å². The summed E-state index contributed by atoms with van der Waals surface area (Å²) < 4.78 is 0. The number of amides is 1. The molecule has 1 saturated carbocycles. The zero-order chi connectivity index (χ0) is 11.9. The lowest BCUT2D eigenvalue weighted by atomic mass is 9.95. The van der Waals surface area contributed by atoms with Crippen LogP contribution >= 0.6 is 11.3 Å². The minimum Gasteiger partial charge on any atom is -0.346 e. The predicted octanol–water partition coefficient (Wildman–Crippen LogP) is 1.37. The molecule has 1 amide bonds. The number of hydrogen-bond acceptors (Lipinski definition) is 2. The van der Waals surface area contributed by atoms with Crippen LogP contribution in [-0.2, 0) is 0 Å². The molecule has 0 bridgehead atoms. The van der Waals surface area contributed by atoms with Gasteiger partial charge >= 0.3 is 0 Å². The van der Waals surface area contributed by atoms with E-state index in [2.05, 4.69) is 10.6 Å². The minimum atomic E-state index is 0.0667. The minimum absolute atomic E-state index is 0.0667. The molecule has 0 atom stereocenters. The number of thiophene rings is 1. The molecule has 3 N–H and O–H groups in total. The quantitative estimate of drug-likeness (QED) is 0.765. The third-order valence-corrected chi connectivity index (χ3v) is 4.19. The number of quaternary nitrogens is 1. The Morgan fingerprint density at radius 1 is 1.41 bits per heavy atom. The van der Waals surface area contributed by atoms with Crippen molar-refractivity contribution in [2.45, 2.75) is 38.1 Å². The smallest absolute Gasteiger partial charge is 0.261 e. The van der Waals surface area contributed by atoms with Gasteiger partial charge < -0.3 is 10.6 Å². The van der Waals surface area contributed by atoms with Crippen molar-refractivity contribution in [3.8, 4) is 0 Å². The van der Waals surface area contributed by atoms with E-state index in [9.17, 15) is 4.79 Å². The van der Waals surface area contributed by atoms with Crippen LogP contribution in [0.1, 0.15) is 41.8 Å². The van der Waals surface area contributed by atoms with Gasteiger partial charge in [0.25, 0.3) is 5.91 Å². The summed E-state index contributed by atoms with van der Waals surface area (Å²) in [5.41, 5.74) is 0. The average molecular weight is 253 g/mol. The fourth-order valence-electron chi connectivity index (χ4n) is 2.37. The van der Waals surface area contributed by atoms with E-state index in [1.54, 1.807) is 0 Å². The lowest BCUT2D eigenvalue weighted by Crippen LogP contribution is -2.91. The lowest BCUT2D eigenvalue weighted by Gasteiger charge is -2.19. The summed E-state index contributed by atoms with van der Waals surface area (Å²) >= 11 is 1.49. The Hall–Kier alpha value is -0.870. The van der Waals surface area contributed by atoms with Gasteiger partial charge in [-0.15, -0.1) is 11.3 Å². The van der Waals surface area contributed by atoms with Crippen molar-refractivity contribution < 1.29 is 10.1 Å². The van der Waals surface area contributed by atoms with Crippen molar-refractivity contribution >= 4 is 17.2 Å². The van der Waals surface area contributed by atoms with Gasteiger partial charge in [0.2, 0.25) is 0 Å². The van der Waals surface area contributed by atoms with E-state index in [-0.39, 0.29) is 5.91 Å². The van der Waals surface area contributed by atoms with Crippen LogP contribution in [0.5, 0.6) is 0 Å². The first-order chi connectivity index (χ1) is 8.36. The highest BCUT2D eigenvalue weighted by Gasteiger charge is 2.15. The molecule has 0 saturated heterocycles. The first kappa shape index (κ1) is 12.6. The second-order valence-corrected chi connectivity index (χ2v) is 5.60. The summed E-state index contributed by atoms with van der Waals surface area (Å²) in [5.74, 6) is 0.0667. The summed E-state index contributed by atoms with van der Waals surface area (Å²) in [6.07, 6.45) is 6.85. The van der Waals surface area contributed by atoms with Crippen molar-refractivity contribution in [3.05, 3.63) is 22.4 Å². The van der Waals surface area contributed by atoms with Crippen LogP contribution < -0.4 is 10.6 Å². The van der Waals surface area contributed by atoms with Crippen LogP contribution in [0, 0.1) is 0 Å². The Morgan fingerprint density at radius 3 is 2.94 bits per heavy atom. The molecule has 1 aromatic rings. The molecule has 0 aromatic carbocycles. The normalized spacial score (nSPS) is 16.9. The average Bonchev–Trinajstić information content (AvgIpc) is 2.89. The van der Waals surface area contributed by atoms with Gasteiger partial charge in [0.1, 0.15) is 0 Å². The van der Waals surface area contributed by atoms with Crippen LogP contribution in [0.25, 0.3) is 0 Å². The highest BCUT2D eigenvalue weighted by molar-refractivity contribution is 7.12. The number of carbonyl (C=O) groups excluding carboxylic acids is 1. The Bertz CT molecular complexity index is 331. The molecule has 3 nitrogen and oxygen atoms in total. The van der Waals surface area contributed by atoms with Crippen LogP contribution in [0.2, 0.25) is 0 Å². The van der Waals surface area contributed by atoms with Gasteiger partial charge in [-0.1, -0.05) is 12.5 Å². The number of nitrogens with two attached hydrogens (primary N) is 1. The second-order valence-electron chi connectivity index (χ2n) is 4.66. The standard InChI is InChI=1S/C13H20N2OS/c16-13(12-7-4-10-17-12)15-9-8-14-11-5-2-1-3-6-11/h4,7,10-11,14H,1-3,5-6,8-9H2,(H,15,16)/p+1. The molecule has 1 aliphatic rings. The highest BCUT2D eigenvalue weighted by atomic mass is 32.1. The molecule has 1 aromatic heterocycles. The molecular formula is C13H21N2OS+. The fourth-order valence-corrected chi connectivity index (χ4v) is 3.01. The Kier molecular flexibility index (Phi) is 5.01. The third-order valence-electron chi connectivity index (χ3n) is 3.32. The maximum Gasteiger partial charge on any atom is 0.261 e. The molecule has 1 heterocycles. The molecular weight excluding hydrogens is 232 g/mol. The van der Waals surface area contributed by atoms with Gasteiger partial charge in [0.15, 0.2) is 0 Å². The Morgan fingerprint density at radius 2 is 2.24 bits per heavy atom. The van der Waals surface area contributed by atoms with Crippen LogP contribution in [0.3, 0.4) is 0 Å². The SMILES string of the molecule is O=C(NCC[NH2+]C1CCCCC1)c1cccs1. The van der Waals surface area contributed by atoms with Gasteiger partial charge in [0, 0.05) is 0 Å². The van der Waals surface area contributed by atoms with Crippen molar-refractivity contribution in [2.75, 3.05) is 13.1 Å². The van der Waals surface area contributed by atoms with Crippen LogP contribution in [0.4, 0.5) is 0 Å². The number of carbonyl (C=O) groups is 1. The molecule has 0 aliphatic heterocycles. The predicted molar refractivity (Wildman–Crippen MR) is 70.3 cm³/mol. The van der Waals surface area contributed by atoms with E-state index in [4.69, 9.17) is 0 Å². The van der Waals surface area contributed by atoms with Crippen molar-refractivity contribution in [2.24, 2.45) is 0 Å². The van der Waals surface area contributed by atoms with Gasteiger partial charge in [-0.25, -0.2) is 0 Å². The highest BCUT2D eigenvalue weighted by Crippen LogP contribution is 2.14. The van der Waals surface area contributed by atoms with Gasteiger partial charge in [-0.2, -0.15) is 0 Å². The monoisotopic (exact) mass is 253 g/mol. The second kappa shape index (κ2) is 6.77. The first-order valence-corrected chi connectivity index (χ1v) is 7.39. The molecule has 2 rings (SSSR count). The Labute approximate surface area is 107 Å². The summed E-state index contributed by atoms with van der Waals surface area (Å²) in [6, 6.07) is 4.57. The van der Waals surface area contributed by atoms with E-state index in [0.29, 0.717) is 0 Å². The summed E-state index contributed by atoms with van der Waals surface area (Å²) in [5, 5.41) is 7.30. The van der Waals surface area contributed by atoms with Crippen molar-refractivity contribution in [3.63, 3.8) is 0 Å². The summed E-state index contributed by atoms with van der Waals surface area (Å²) in [7, 11) is 0. The third kappa shape index (κ3) is 4.13. The lowest BCUT2D eigenvalue weighted by molar-refractivity contribution is -0.690. The van der Waals surface area contributed by atoms with Crippen molar-refractivity contribution in [1.29, 1.82) is 0 Å². The molecule has 17 heavy (non-hydrogen) atoms. The van der Waals surface area contributed by atoms with Gasteiger partial charge in [-0.05, 0) is 37.1 Å². The van der Waals surface area contributed by atoms with Crippen LogP contribution in [-0.4, -0.2) is 25.0 Å². The molecule has 0 radical (unpaired) electrons. The molecule has 1 aliphatic carbocycles. The van der Waals surface area contributed by atoms with E-state index in [1.807, 2.05) is 17.5 Å². The topological polar surface area (TPSA) is 45.7 Å². The zero-order valence-corrected chi connectivity index (χ0v) is 11.0. The van der Waals surface area contributed by atoms with Gasteiger partial charge in [-0.3, -0.25) is 4.79 Å². The van der Waals surface area contributed by atoms with E-state index in [0.717, 1.165) is 24.0 Å². The molecule has 0 spiro atoms. The first-order valence-electron chi connectivity index (χ1n) is 6.51. The maximum atomic E-state index is 11.6. The van der Waals surface area contributed by atoms with Crippen LogP contribution in [0.15, 0.2) is 17.5 Å². The number of nitrogens with one attached hydrogen (secondary N) is 1. The summed E-state index contributed by atoms with van der Waals surface area (Å²) in [4.78, 5) is 12.5. The number of rotatable bonds is 5. The Balaban J connectivity index is 1.58. The summed E-state index contributed by atoms with van der Waals surface area (Å²) in [6.45, 7) is 1.77. The molecule has 94 valence electrons. The van der Waals surface area contributed by atoms with E-state index < -0.39 is 0 Å². The number of hydrogen-bond donors (Lipinski definition) is 2. The molecule has 1 fully saturated rings. The fraction of sp³-hybridized carbons (Fsp3) is 0.615. The largest absolute Gasteiger partial charge is 0.346 e. The van der Waals surface area contributed by atoms with Gasteiger partial charge in [0.05, 0.1) is 24.0 Å². The zero-order valence-electron chi connectivity index (χ0n) is 10.2. The maximum absolute atomic E-state index is 11.6.